The summed E-state index contributed by atoms with van der Waals surface area (Å²) in [6.45, 7) is -0.260. The molecular formula is C26H23F4N3O5. The van der Waals surface area contributed by atoms with Gasteiger partial charge in [0.25, 0.3) is 5.91 Å². The van der Waals surface area contributed by atoms with Crippen molar-refractivity contribution in [2.75, 3.05) is 0 Å². The molecule has 5 rings (SSSR count). The fourth-order valence-corrected chi connectivity index (χ4v) is 5.18. The molecule has 1 saturated heterocycles. The maximum absolute atomic E-state index is 15.2. The van der Waals surface area contributed by atoms with Crippen LogP contribution in [0.2, 0.25) is 0 Å². The van der Waals surface area contributed by atoms with Gasteiger partial charge in [0.05, 0.1) is 11.1 Å². The Morgan fingerprint density at radius 3 is 2.55 bits per heavy atom. The van der Waals surface area contributed by atoms with Gasteiger partial charge in [-0.1, -0.05) is 30.3 Å². The molecule has 2 aliphatic heterocycles. The van der Waals surface area contributed by atoms with Gasteiger partial charge in [-0.2, -0.15) is 13.2 Å². The third kappa shape index (κ3) is 4.82. The van der Waals surface area contributed by atoms with Crippen LogP contribution in [0.4, 0.5) is 22.4 Å². The van der Waals surface area contributed by atoms with Crippen LogP contribution in [0.5, 0.6) is 0 Å². The molecule has 2 fully saturated rings. The first kappa shape index (κ1) is 25.7. The van der Waals surface area contributed by atoms with Gasteiger partial charge < -0.3 is 15.0 Å². The molecule has 1 atom stereocenters. The number of hydrogen-bond donors (Lipinski definition) is 2. The highest BCUT2D eigenvalue weighted by atomic mass is 19.4. The average Bonchev–Trinajstić information content (AvgIpc) is 3.17. The van der Waals surface area contributed by atoms with Crippen LogP contribution in [0, 0.1) is 5.82 Å². The van der Waals surface area contributed by atoms with Crippen molar-refractivity contribution in [3.8, 4) is 0 Å². The van der Waals surface area contributed by atoms with Gasteiger partial charge in [0.15, 0.2) is 0 Å². The van der Waals surface area contributed by atoms with E-state index in [4.69, 9.17) is 4.74 Å². The van der Waals surface area contributed by atoms with Gasteiger partial charge in [-0.05, 0) is 42.4 Å². The molecule has 4 amide bonds. The van der Waals surface area contributed by atoms with Gasteiger partial charge >= 0.3 is 12.3 Å². The predicted molar refractivity (Wildman–Crippen MR) is 123 cm³/mol. The number of carbonyl (C=O) groups excluding carboxylic acids is 4. The molecule has 3 aliphatic rings. The number of amides is 4. The molecule has 8 nitrogen and oxygen atoms in total. The smallest absolute Gasteiger partial charge is 0.416 e. The standard InChI is InChI=1S/C26H23F4N3O5/c27-22-13(5-6-14-12-33(24(36)21(14)22)19-7-8-20(34)32-23(19)35)11-31-25(37)38-16-9-15(10-16)17-3-1-2-4-18(17)26(28,29)30/h1-6,15-16,19H,7-12H2,(H,31,37)(H,32,34,35). The minimum Gasteiger partial charge on any atom is -0.446 e. The molecule has 1 saturated carbocycles. The molecular weight excluding hydrogens is 510 g/mol. The first-order chi connectivity index (χ1) is 18.0. The van der Waals surface area contributed by atoms with Crippen molar-refractivity contribution >= 4 is 23.8 Å². The molecule has 2 aromatic carbocycles. The largest absolute Gasteiger partial charge is 0.446 e. The maximum Gasteiger partial charge on any atom is 0.416 e. The second-order valence-corrected chi connectivity index (χ2v) is 9.61. The Morgan fingerprint density at radius 2 is 1.84 bits per heavy atom. The lowest BCUT2D eigenvalue weighted by molar-refractivity contribution is -0.139. The maximum atomic E-state index is 15.2. The second kappa shape index (κ2) is 9.73. The first-order valence-electron chi connectivity index (χ1n) is 12.1. The molecule has 0 spiro atoms. The zero-order valence-corrected chi connectivity index (χ0v) is 19.9. The van der Waals surface area contributed by atoms with E-state index in [1.165, 1.54) is 29.2 Å². The van der Waals surface area contributed by atoms with Crippen LogP contribution in [-0.2, 0) is 33.6 Å². The number of ether oxygens (including phenoxy) is 1. The minimum absolute atomic E-state index is 0.0213. The average molecular weight is 533 g/mol. The van der Waals surface area contributed by atoms with E-state index in [9.17, 15) is 32.3 Å². The number of rotatable bonds is 5. The normalized spacial score (nSPS) is 23.0. The molecule has 0 aromatic heterocycles. The summed E-state index contributed by atoms with van der Waals surface area (Å²) in [5.74, 6) is -2.91. The summed E-state index contributed by atoms with van der Waals surface area (Å²) in [5, 5.41) is 4.60. The van der Waals surface area contributed by atoms with Crippen molar-refractivity contribution in [3.05, 3.63) is 70.0 Å². The van der Waals surface area contributed by atoms with Crippen LogP contribution in [-0.4, -0.2) is 40.9 Å². The fourth-order valence-electron chi connectivity index (χ4n) is 5.18. The van der Waals surface area contributed by atoms with Crippen molar-refractivity contribution in [3.63, 3.8) is 0 Å². The van der Waals surface area contributed by atoms with Gasteiger partial charge in [-0.3, -0.25) is 19.7 Å². The molecule has 0 radical (unpaired) electrons. The van der Waals surface area contributed by atoms with E-state index in [2.05, 4.69) is 10.6 Å². The number of nitrogens with one attached hydrogen (secondary N) is 2. The highest BCUT2D eigenvalue weighted by Gasteiger charge is 2.42. The molecule has 1 aliphatic carbocycles. The van der Waals surface area contributed by atoms with Crippen LogP contribution in [0.15, 0.2) is 36.4 Å². The Kier molecular flexibility index (Phi) is 6.58. The van der Waals surface area contributed by atoms with Gasteiger partial charge in [-0.25, -0.2) is 9.18 Å². The van der Waals surface area contributed by atoms with Crippen LogP contribution in [0.25, 0.3) is 0 Å². The third-order valence-corrected chi connectivity index (χ3v) is 7.21. The minimum atomic E-state index is -4.47. The summed E-state index contributed by atoms with van der Waals surface area (Å²) in [7, 11) is 0. The van der Waals surface area contributed by atoms with E-state index in [0.717, 1.165) is 6.07 Å². The van der Waals surface area contributed by atoms with E-state index in [1.807, 2.05) is 0 Å². The van der Waals surface area contributed by atoms with Crippen LogP contribution >= 0.6 is 0 Å². The van der Waals surface area contributed by atoms with E-state index in [1.54, 1.807) is 6.07 Å². The molecule has 2 aromatic rings. The van der Waals surface area contributed by atoms with Crippen LogP contribution < -0.4 is 10.6 Å². The molecule has 2 N–H and O–H groups in total. The van der Waals surface area contributed by atoms with Crippen molar-refractivity contribution in [1.82, 2.24) is 15.5 Å². The van der Waals surface area contributed by atoms with E-state index in [0.29, 0.717) is 5.56 Å². The number of alkyl carbamates (subject to hydrolysis) is 1. The molecule has 1 unspecified atom stereocenters. The summed E-state index contributed by atoms with van der Waals surface area (Å²) >= 11 is 0. The lowest BCUT2D eigenvalue weighted by Gasteiger charge is -2.36. The van der Waals surface area contributed by atoms with Gasteiger partial charge in [0, 0.05) is 25.1 Å². The molecule has 38 heavy (non-hydrogen) atoms. The second-order valence-electron chi connectivity index (χ2n) is 9.61. The van der Waals surface area contributed by atoms with Crippen LogP contribution in [0.3, 0.4) is 0 Å². The number of nitrogens with zero attached hydrogens (tertiary/aromatic N) is 1. The molecule has 200 valence electrons. The Balaban J connectivity index is 1.16. The molecule has 0 bridgehead atoms. The van der Waals surface area contributed by atoms with Crippen molar-refractivity contribution in [2.45, 2.75) is 63.0 Å². The molecule has 2 heterocycles. The van der Waals surface area contributed by atoms with Crippen LogP contribution in [0.1, 0.15) is 64.2 Å². The number of benzene rings is 2. The number of alkyl halides is 3. The van der Waals surface area contributed by atoms with Gasteiger partial charge in [-0.15, -0.1) is 0 Å². The quantitative estimate of drug-likeness (QED) is 0.450. The Bertz CT molecular complexity index is 1320. The topological polar surface area (TPSA) is 105 Å². The van der Waals surface area contributed by atoms with E-state index in [-0.39, 0.29) is 55.5 Å². The molecule has 12 heteroatoms. The van der Waals surface area contributed by atoms with Crippen molar-refractivity contribution in [2.24, 2.45) is 0 Å². The highest BCUT2D eigenvalue weighted by Crippen LogP contribution is 2.44. The Morgan fingerprint density at radius 1 is 1.11 bits per heavy atom. The van der Waals surface area contributed by atoms with E-state index >= 15 is 4.39 Å². The predicted octanol–water partition coefficient (Wildman–Crippen LogP) is 3.78. The highest BCUT2D eigenvalue weighted by molar-refractivity contribution is 6.05. The zero-order chi connectivity index (χ0) is 27.2. The number of carbonyl (C=O) groups is 4. The Labute approximate surface area is 214 Å². The fraction of sp³-hybridized carbons (Fsp3) is 0.385. The summed E-state index contributed by atoms with van der Waals surface area (Å²) < 4.78 is 60.2. The monoisotopic (exact) mass is 533 g/mol. The number of piperidine rings is 1. The third-order valence-electron chi connectivity index (χ3n) is 7.21. The number of hydrogen-bond acceptors (Lipinski definition) is 5. The number of halogens is 4. The SMILES string of the molecule is O=C1CCC(N2Cc3ccc(CNC(=O)OC4CC(c5ccccc5C(F)(F)F)C4)c(F)c3C2=O)C(=O)N1. The lowest BCUT2D eigenvalue weighted by Crippen LogP contribution is -2.52. The summed E-state index contributed by atoms with van der Waals surface area (Å²) in [4.78, 5) is 49.9. The van der Waals surface area contributed by atoms with Crippen molar-refractivity contribution < 1.29 is 41.5 Å². The first-order valence-corrected chi connectivity index (χ1v) is 12.1. The van der Waals surface area contributed by atoms with Crippen molar-refractivity contribution in [1.29, 1.82) is 0 Å². The summed E-state index contributed by atoms with van der Waals surface area (Å²) in [5.41, 5.74) is -0.303. The Hall–Kier alpha value is -3.96. The number of imide groups is 1. The zero-order valence-electron chi connectivity index (χ0n) is 19.9. The summed E-state index contributed by atoms with van der Waals surface area (Å²) in [6.07, 6.45) is -5.20. The van der Waals surface area contributed by atoms with E-state index < -0.39 is 59.4 Å². The number of fused-ring (bicyclic) bond motifs is 1. The van der Waals surface area contributed by atoms with Gasteiger partial charge in [0.2, 0.25) is 11.8 Å². The summed E-state index contributed by atoms with van der Waals surface area (Å²) in [6, 6.07) is 7.38. The van der Waals surface area contributed by atoms with Gasteiger partial charge in [0.1, 0.15) is 18.0 Å². The lowest BCUT2D eigenvalue weighted by atomic mass is 9.76.